The lowest BCUT2D eigenvalue weighted by Crippen LogP contribution is -2.33. The van der Waals surface area contributed by atoms with Crippen molar-refractivity contribution in [3.8, 4) is 0 Å². The highest BCUT2D eigenvalue weighted by molar-refractivity contribution is 5.94. The summed E-state index contributed by atoms with van der Waals surface area (Å²) in [4.78, 5) is 9.29. The third-order valence-corrected chi connectivity index (χ3v) is 3.69. The van der Waals surface area contributed by atoms with Gasteiger partial charge in [-0.15, -0.1) is 0 Å². The second kappa shape index (κ2) is 7.38. The highest BCUT2D eigenvalue weighted by Gasteiger charge is 2.13. The van der Waals surface area contributed by atoms with E-state index in [9.17, 15) is 0 Å². The van der Waals surface area contributed by atoms with Gasteiger partial charge >= 0.3 is 0 Å². The van der Waals surface area contributed by atoms with Gasteiger partial charge in [-0.1, -0.05) is 31.2 Å². The number of likely N-dealkylation sites (N-methyl/N-ethyl adjacent to an activating group) is 1. The number of aromatic nitrogens is 1. The number of nitrogens with two attached hydrogens (primary N) is 1. The van der Waals surface area contributed by atoms with Crippen molar-refractivity contribution < 1.29 is 0 Å². The summed E-state index contributed by atoms with van der Waals surface area (Å²) in [6.07, 6.45) is 3.04. The minimum Gasteiger partial charge on any atom is -0.355 e. The van der Waals surface area contributed by atoms with Gasteiger partial charge in [0.2, 0.25) is 0 Å². The van der Waals surface area contributed by atoms with Crippen LogP contribution in [0.3, 0.4) is 0 Å². The Labute approximate surface area is 127 Å². The van der Waals surface area contributed by atoms with Crippen LogP contribution in [-0.2, 0) is 6.54 Å². The lowest BCUT2D eigenvalue weighted by molar-refractivity contribution is 0.412. The molecule has 0 amide bonds. The summed E-state index contributed by atoms with van der Waals surface area (Å²) in [5.41, 5.74) is 6.95. The largest absolute Gasteiger partial charge is 0.355 e. The van der Waals surface area contributed by atoms with Gasteiger partial charge in [-0.05, 0) is 31.5 Å². The Bertz CT molecular complexity index is 580. The summed E-state index contributed by atoms with van der Waals surface area (Å²) < 4.78 is 0. The van der Waals surface area contributed by atoms with Crippen LogP contribution in [0.5, 0.6) is 0 Å². The maximum absolute atomic E-state index is 5.84. The first-order valence-corrected chi connectivity index (χ1v) is 7.63. The smallest absolute Gasteiger partial charge is 0.136 e. The Balaban J connectivity index is 2.42. The molecule has 2 N–H and O–H groups in total. The molecule has 0 bridgehead atoms. The first-order chi connectivity index (χ1) is 10.2. The van der Waals surface area contributed by atoms with Crippen molar-refractivity contribution in [3.63, 3.8) is 0 Å². The minimum absolute atomic E-state index is 0.527. The molecule has 21 heavy (non-hydrogen) atoms. The van der Waals surface area contributed by atoms with Gasteiger partial charge in [-0.2, -0.15) is 0 Å². The molecule has 1 heterocycles. The van der Waals surface area contributed by atoms with Crippen LogP contribution in [-0.4, -0.2) is 43.6 Å². The highest BCUT2D eigenvalue weighted by atomic mass is 15.2. The van der Waals surface area contributed by atoms with Crippen LogP contribution in [0.2, 0.25) is 0 Å². The number of anilines is 1. The Kier molecular flexibility index (Phi) is 5.53. The zero-order valence-corrected chi connectivity index (χ0v) is 13.3. The quantitative estimate of drug-likeness (QED) is 0.849. The second-order valence-corrected chi connectivity index (χ2v) is 5.65. The lowest BCUT2D eigenvalue weighted by Gasteiger charge is -2.26. The van der Waals surface area contributed by atoms with Gasteiger partial charge in [0.05, 0.1) is 0 Å². The number of hydrogen-bond donors (Lipinski definition) is 1. The van der Waals surface area contributed by atoms with Gasteiger partial charge in [0, 0.05) is 37.8 Å². The van der Waals surface area contributed by atoms with Gasteiger partial charge in [-0.25, -0.2) is 4.98 Å². The van der Waals surface area contributed by atoms with Gasteiger partial charge in [0.25, 0.3) is 0 Å². The van der Waals surface area contributed by atoms with Gasteiger partial charge in [0.15, 0.2) is 0 Å². The molecule has 0 aliphatic rings. The van der Waals surface area contributed by atoms with Crippen molar-refractivity contribution in [1.29, 1.82) is 0 Å². The molecule has 1 aromatic carbocycles. The molecule has 0 radical (unpaired) electrons. The first-order valence-electron chi connectivity index (χ1n) is 7.63. The van der Waals surface area contributed by atoms with Crippen LogP contribution in [0.1, 0.15) is 18.9 Å². The molecule has 0 spiro atoms. The minimum atomic E-state index is 0.527. The van der Waals surface area contributed by atoms with Crippen LogP contribution >= 0.6 is 0 Å². The van der Waals surface area contributed by atoms with Crippen LogP contribution in [0.15, 0.2) is 30.5 Å². The summed E-state index contributed by atoms with van der Waals surface area (Å²) in [5, 5.41) is 2.42. The monoisotopic (exact) mass is 286 g/mol. The number of benzene rings is 1. The summed E-state index contributed by atoms with van der Waals surface area (Å²) in [7, 11) is 4.21. The number of fused-ring (bicyclic) bond motifs is 1. The molecule has 4 nitrogen and oxygen atoms in total. The summed E-state index contributed by atoms with van der Waals surface area (Å²) in [5.74, 6) is 1.08. The van der Waals surface area contributed by atoms with E-state index in [-0.39, 0.29) is 0 Å². The Hall–Kier alpha value is -1.65. The molecule has 0 aliphatic heterocycles. The van der Waals surface area contributed by atoms with E-state index in [1.165, 1.54) is 10.8 Å². The third-order valence-electron chi connectivity index (χ3n) is 3.69. The van der Waals surface area contributed by atoms with E-state index in [4.69, 9.17) is 10.7 Å². The van der Waals surface area contributed by atoms with Crippen molar-refractivity contribution in [3.05, 3.63) is 36.0 Å². The third kappa shape index (κ3) is 3.71. The summed E-state index contributed by atoms with van der Waals surface area (Å²) >= 11 is 0. The van der Waals surface area contributed by atoms with Gasteiger partial charge in [0.1, 0.15) is 5.82 Å². The van der Waals surface area contributed by atoms with Crippen molar-refractivity contribution >= 4 is 16.6 Å². The fourth-order valence-corrected chi connectivity index (χ4v) is 2.57. The van der Waals surface area contributed by atoms with Crippen LogP contribution in [0, 0.1) is 0 Å². The average molecular weight is 286 g/mol. The van der Waals surface area contributed by atoms with E-state index < -0.39 is 0 Å². The Morgan fingerprint density at radius 1 is 1.05 bits per heavy atom. The topological polar surface area (TPSA) is 45.4 Å². The van der Waals surface area contributed by atoms with Crippen molar-refractivity contribution in [1.82, 2.24) is 9.88 Å². The predicted molar refractivity (Wildman–Crippen MR) is 90.7 cm³/mol. The number of nitrogens with zero attached hydrogens (tertiary/aromatic N) is 3. The van der Waals surface area contributed by atoms with Crippen LogP contribution in [0.25, 0.3) is 10.8 Å². The lowest BCUT2D eigenvalue weighted by atomic mass is 10.1. The first kappa shape index (κ1) is 15.7. The molecule has 2 aromatic rings. The molecule has 2 rings (SSSR count). The molecule has 0 aliphatic carbocycles. The van der Waals surface area contributed by atoms with E-state index in [1.807, 2.05) is 6.20 Å². The molecule has 0 atom stereocenters. The van der Waals surface area contributed by atoms with Gasteiger partial charge < -0.3 is 15.5 Å². The number of pyridine rings is 1. The Morgan fingerprint density at radius 2 is 1.76 bits per heavy atom. The fraction of sp³-hybridized carbons (Fsp3) is 0.471. The molecular weight excluding hydrogens is 260 g/mol. The zero-order chi connectivity index (χ0) is 15.2. The normalized spacial score (nSPS) is 11.3. The van der Waals surface area contributed by atoms with E-state index >= 15 is 0 Å². The molecule has 1 aromatic heterocycles. The standard InChI is InChI=1S/C17H26N4/c1-4-9-21(11-10-20(2)3)17-16-8-6-5-7-15(16)14(12-18)13-19-17/h5-8,13H,4,9-12,18H2,1-3H3. The van der Waals surface area contributed by atoms with Crippen LogP contribution < -0.4 is 10.6 Å². The highest BCUT2D eigenvalue weighted by Crippen LogP contribution is 2.27. The number of rotatable bonds is 7. The zero-order valence-electron chi connectivity index (χ0n) is 13.3. The maximum Gasteiger partial charge on any atom is 0.136 e. The average Bonchev–Trinajstić information content (AvgIpc) is 2.50. The molecule has 0 saturated heterocycles. The van der Waals surface area contributed by atoms with E-state index in [2.05, 4.69) is 55.1 Å². The van der Waals surface area contributed by atoms with E-state index in [0.717, 1.165) is 37.4 Å². The van der Waals surface area contributed by atoms with Crippen molar-refractivity contribution in [2.24, 2.45) is 5.73 Å². The Morgan fingerprint density at radius 3 is 2.38 bits per heavy atom. The van der Waals surface area contributed by atoms with Crippen molar-refractivity contribution in [2.45, 2.75) is 19.9 Å². The van der Waals surface area contributed by atoms with Crippen LogP contribution in [0.4, 0.5) is 5.82 Å². The molecule has 114 valence electrons. The number of hydrogen-bond acceptors (Lipinski definition) is 4. The summed E-state index contributed by atoms with van der Waals surface area (Å²) in [6, 6.07) is 8.42. The van der Waals surface area contributed by atoms with E-state index in [1.54, 1.807) is 0 Å². The fourth-order valence-electron chi connectivity index (χ4n) is 2.57. The molecular formula is C17H26N4. The second-order valence-electron chi connectivity index (χ2n) is 5.65. The molecule has 4 heteroatoms. The predicted octanol–water partition coefficient (Wildman–Crippen LogP) is 2.47. The molecule has 0 saturated carbocycles. The maximum atomic E-state index is 5.84. The van der Waals surface area contributed by atoms with E-state index in [0.29, 0.717) is 6.54 Å². The summed E-state index contributed by atoms with van der Waals surface area (Å²) in [6.45, 7) is 5.76. The molecule has 0 fully saturated rings. The van der Waals surface area contributed by atoms with Gasteiger partial charge in [-0.3, -0.25) is 0 Å². The van der Waals surface area contributed by atoms with Crippen molar-refractivity contribution in [2.75, 3.05) is 38.6 Å². The molecule has 0 unspecified atom stereocenters. The SMILES string of the molecule is CCCN(CCN(C)C)c1ncc(CN)c2ccccc12.